The molecule has 6 nitrogen and oxygen atoms in total. The topological polar surface area (TPSA) is 58.4 Å². The Labute approximate surface area is 151 Å². The Morgan fingerprint density at radius 2 is 1.46 bits per heavy atom. The Bertz CT molecular complexity index is 956. The number of aryl methyl sites for hydroxylation is 1. The first-order valence-corrected chi connectivity index (χ1v) is 8.68. The largest absolute Gasteiger partial charge is 0.335 e. The first-order valence-electron chi connectivity index (χ1n) is 8.68. The van der Waals surface area contributed by atoms with Gasteiger partial charge >= 0.3 is 0 Å². The molecular formula is C20H20N4O2. The van der Waals surface area contributed by atoms with Crippen LogP contribution in [0.25, 0.3) is 11.0 Å². The zero-order valence-electron chi connectivity index (χ0n) is 14.6. The highest BCUT2D eigenvalue weighted by Crippen LogP contribution is 2.17. The molecule has 3 aromatic rings. The lowest BCUT2D eigenvalue weighted by molar-refractivity contribution is 0.0535. The highest BCUT2D eigenvalue weighted by atomic mass is 16.2. The van der Waals surface area contributed by atoms with Gasteiger partial charge in [0.1, 0.15) is 0 Å². The molecule has 2 heterocycles. The molecule has 26 heavy (non-hydrogen) atoms. The molecule has 1 fully saturated rings. The Morgan fingerprint density at radius 3 is 2.12 bits per heavy atom. The van der Waals surface area contributed by atoms with E-state index in [1.54, 1.807) is 16.1 Å². The molecular weight excluding hydrogens is 328 g/mol. The molecule has 1 aliphatic heterocycles. The fourth-order valence-electron chi connectivity index (χ4n) is 3.33. The molecule has 1 aromatic heterocycles. The van der Waals surface area contributed by atoms with Crippen molar-refractivity contribution in [2.75, 3.05) is 26.2 Å². The number of carbonyl (C=O) groups excluding carboxylic acids is 2. The first kappa shape index (κ1) is 16.3. The van der Waals surface area contributed by atoms with Crippen molar-refractivity contribution in [3.05, 3.63) is 66.0 Å². The van der Waals surface area contributed by atoms with Crippen molar-refractivity contribution >= 4 is 22.8 Å². The maximum atomic E-state index is 12.8. The number of hydrogen-bond acceptors (Lipinski definition) is 3. The van der Waals surface area contributed by atoms with Crippen LogP contribution < -0.4 is 0 Å². The van der Waals surface area contributed by atoms with Gasteiger partial charge in [-0.25, -0.2) is 4.98 Å². The number of hydrogen-bond donors (Lipinski definition) is 0. The Hall–Kier alpha value is -3.15. The van der Waals surface area contributed by atoms with Crippen molar-refractivity contribution in [3.63, 3.8) is 0 Å². The van der Waals surface area contributed by atoms with Gasteiger partial charge in [0.15, 0.2) is 0 Å². The number of aromatic nitrogens is 2. The summed E-state index contributed by atoms with van der Waals surface area (Å²) in [5.74, 6) is 0.0111. The molecule has 0 aliphatic carbocycles. The average molecular weight is 348 g/mol. The van der Waals surface area contributed by atoms with Gasteiger partial charge < -0.3 is 14.4 Å². The maximum absolute atomic E-state index is 12.8. The molecule has 2 amide bonds. The molecule has 6 heteroatoms. The molecule has 0 bridgehead atoms. The van der Waals surface area contributed by atoms with Crippen LogP contribution in [-0.2, 0) is 7.05 Å². The number of carbonyl (C=O) groups is 2. The maximum Gasteiger partial charge on any atom is 0.254 e. The number of fused-ring (bicyclic) bond motifs is 1. The lowest BCUT2D eigenvalue weighted by atomic mass is 10.1. The Kier molecular flexibility index (Phi) is 4.16. The Morgan fingerprint density at radius 1 is 0.846 bits per heavy atom. The summed E-state index contributed by atoms with van der Waals surface area (Å²) in [6.45, 7) is 2.17. The van der Waals surface area contributed by atoms with Crippen LogP contribution in [-0.4, -0.2) is 57.3 Å². The van der Waals surface area contributed by atoms with E-state index in [0.717, 1.165) is 11.0 Å². The lowest BCUT2D eigenvalue weighted by Crippen LogP contribution is -2.50. The standard InChI is InChI=1S/C20H20N4O2/c1-22-14-21-17-13-16(7-8-18(17)22)20(26)24-11-9-23(10-12-24)19(25)15-5-3-2-4-6-15/h2-8,13-14H,9-12H2,1H3. The summed E-state index contributed by atoms with van der Waals surface area (Å²) in [4.78, 5) is 33.2. The molecule has 0 N–H and O–H groups in total. The molecule has 0 unspecified atom stereocenters. The van der Waals surface area contributed by atoms with E-state index in [1.165, 1.54) is 0 Å². The van der Waals surface area contributed by atoms with Crippen LogP contribution in [0.1, 0.15) is 20.7 Å². The smallest absolute Gasteiger partial charge is 0.254 e. The SMILES string of the molecule is Cn1cnc2cc(C(=O)N3CCN(C(=O)c4ccccc4)CC3)ccc21. The van der Waals surface area contributed by atoms with Crippen molar-refractivity contribution in [3.8, 4) is 0 Å². The molecule has 0 spiro atoms. The third kappa shape index (κ3) is 2.94. The van der Waals surface area contributed by atoms with Crippen molar-refractivity contribution < 1.29 is 9.59 Å². The lowest BCUT2D eigenvalue weighted by Gasteiger charge is -2.34. The minimum Gasteiger partial charge on any atom is -0.335 e. The van der Waals surface area contributed by atoms with Gasteiger partial charge in [-0.15, -0.1) is 0 Å². The predicted octanol–water partition coefficient (Wildman–Crippen LogP) is 2.17. The van der Waals surface area contributed by atoms with Gasteiger partial charge in [0.2, 0.25) is 0 Å². The predicted molar refractivity (Wildman–Crippen MR) is 99.0 cm³/mol. The monoisotopic (exact) mass is 348 g/mol. The second-order valence-electron chi connectivity index (χ2n) is 6.51. The van der Waals surface area contributed by atoms with Crippen molar-refractivity contribution in [1.82, 2.24) is 19.4 Å². The van der Waals surface area contributed by atoms with Gasteiger partial charge in [-0.2, -0.15) is 0 Å². The van der Waals surface area contributed by atoms with E-state index in [9.17, 15) is 9.59 Å². The summed E-state index contributed by atoms with van der Waals surface area (Å²) in [5.41, 5.74) is 3.14. The molecule has 2 aromatic carbocycles. The van der Waals surface area contributed by atoms with Crippen molar-refractivity contribution in [2.24, 2.45) is 7.05 Å². The number of amides is 2. The number of imidazole rings is 1. The number of piperazine rings is 1. The van der Waals surface area contributed by atoms with Gasteiger partial charge in [-0.05, 0) is 30.3 Å². The normalized spacial score (nSPS) is 14.7. The van der Waals surface area contributed by atoms with E-state index in [-0.39, 0.29) is 11.8 Å². The second kappa shape index (κ2) is 6.63. The van der Waals surface area contributed by atoms with Gasteiger partial charge in [0.05, 0.1) is 17.4 Å². The first-order chi connectivity index (χ1) is 12.6. The zero-order chi connectivity index (χ0) is 18.1. The summed E-state index contributed by atoms with van der Waals surface area (Å²) in [5, 5.41) is 0. The molecule has 4 rings (SSSR count). The highest BCUT2D eigenvalue weighted by molar-refractivity contribution is 5.98. The van der Waals surface area contributed by atoms with Gasteiger partial charge in [0.25, 0.3) is 11.8 Å². The van der Waals surface area contributed by atoms with E-state index in [0.29, 0.717) is 37.3 Å². The van der Waals surface area contributed by atoms with Gasteiger partial charge in [0, 0.05) is 44.4 Å². The fraction of sp³-hybridized carbons (Fsp3) is 0.250. The molecule has 132 valence electrons. The molecule has 0 atom stereocenters. The zero-order valence-corrected chi connectivity index (χ0v) is 14.6. The van der Waals surface area contributed by atoms with Crippen molar-refractivity contribution in [1.29, 1.82) is 0 Å². The van der Waals surface area contributed by atoms with Crippen LogP contribution in [0.4, 0.5) is 0 Å². The summed E-state index contributed by atoms with van der Waals surface area (Å²) in [7, 11) is 1.93. The van der Waals surface area contributed by atoms with Crippen LogP contribution >= 0.6 is 0 Å². The van der Waals surface area contributed by atoms with Gasteiger partial charge in [-0.3, -0.25) is 9.59 Å². The Balaban J connectivity index is 1.43. The van der Waals surface area contributed by atoms with Crippen LogP contribution in [0, 0.1) is 0 Å². The van der Waals surface area contributed by atoms with Crippen LogP contribution in [0.2, 0.25) is 0 Å². The minimum absolute atomic E-state index is 0.00985. The second-order valence-corrected chi connectivity index (χ2v) is 6.51. The number of rotatable bonds is 2. The summed E-state index contributed by atoms with van der Waals surface area (Å²) < 4.78 is 1.93. The van der Waals surface area contributed by atoms with Crippen LogP contribution in [0.15, 0.2) is 54.9 Å². The van der Waals surface area contributed by atoms with E-state index >= 15 is 0 Å². The third-order valence-electron chi connectivity index (χ3n) is 4.85. The van der Waals surface area contributed by atoms with E-state index in [1.807, 2.05) is 60.1 Å². The van der Waals surface area contributed by atoms with E-state index in [2.05, 4.69) is 4.98 Å². The molecule has 1 aliphatic rings. The summed E-state index contributed by atoms with van der Waals surface area (Å²) >= 11 is 0. The number of nitrogens with zero attached hydrogens (tertiary/aromatic N) is 4. The molecule has 0 radical (unpaired) electrons. The highest BCUT2D eigenvalue weighted by Gasteiger charge is 2.25. The van der Waals surface area contributed by atoms with E-state index < -0.39 is 0 Å². The fourth-order valence-corrected chi connectivity index (χ4v) is 3.33. The quantitative estimate of drug-likeness (QED) is 0.713. The van der Waals surface area contributed by atoms with Gasteiger partial charge in [-0.1, -0.05) is 18.2 Å². The summed E-state index contributed by atoms with van der Waals surface area (Å²) in [6.07, 6.45) is 1.74. The molecule has 1 saturated heterocycles. The minimum atomic E-state index is -0.00985. The number of benzene rings is 2. The third-order valence-corrected chi connectivity index (χ3v) is 4.85. The van der Waals surface area contributed by atoms with Crippen molar-refractivity contribution in [2.45, 2.75) is 0 Å². The van der Waals surface area contributed by atoms with Crippen LogP contribution in [0.3, 0.4) is 0 Å². The average Bonchev–Trinajstić information content (AvgIpc) is 3.08. The van der Waals surface area contributed by atoms with Crippen LogP contribution in [0.5, 0.6) is 0 Å². The van der Waals surface area contributed by atoms with E-state index in [4.69, 9.17) is 0 Å². The molecule has 0 saturated carbocycles. The summed E-state index contributed by atoms with van der Waals surface area (Å²) in [6, 6.07) is 14.9.